The number of rotatable bonds is 17. The molecule has 258 valence electrons. The first-order valence-electron chi connectivity index (χ1n) is 14.9. The predicted octanol–water partition coefficient (Wildman–Crippen LogP) is 1.54. The van der Waals surface area contributed by atoms with Crippen molar-refractivity contribution in [2.75, 3.05) is 45.5 Å². The second-order valence-electron chi connectivity index (χ2n) is 11.8. The van der Waals surface area contributed by atoms with Crippen LogP contribution in [0.2, 0.25) is 0 Å². The van der Waals surface area contributed by atoms with Crippen LogP contribution in [-0.2, 0) is 42.9 Å². The highest BCUT2D eigenvalue weighted by Gasteiger charge is 2.39. The molecule has 0 radical (unpaired) electrons. The zero-order chi connectivity index (χ0) is 34.2. The first kappa shape index (κ1) is 40.1. The first-order valence-corrected chi connectivity index (χ1v) is 16.1. The van der Waals surface area contributed by atoms with Crippen LogP contribution in [0.15, 0.2) is 12.2 Å². The number of aliphatic hydroxyl groups is 1. The lowest BCUT2D eigenvalue weighted by atomic mass is 9.79. The molecule has 0 saturated carbocycles. The van der Waals surface area contributed by atoms with Crippen LogP contribution in [0.25, 0.3) is 0 Å². The van der Waals surface area contributed by atoms with E-state index in [9.17, 15) is 29.1 Å². The Kier molecular flexibility index (Phi) is 18.1. The molecular formula is C30H51N3O11S. The number of esters is 2. The molecule has 3 amide bonds. The minimum absolute atomic E-state index is 0.0652. The molecule has 15 heteroatoms. The van der Waals surface area contributed by atoms with Gasteiger partial charge in [-0.15, -0.1) is 0 Å². The minimum Gasteiger partial charge on any atom is -0.468 e. The maximum atomic E-state index is 12.8. The third-order valence-electron chi connectivity index (χ3n) is 7.31. The van der Waals surface area contributed by atoms with Crippen LogP contribution < -0.4 is 16.0 Å². The molecule has 0 aliphatic carbocycles. The summed E-state index contributed by atoms with van der Waals surface area (Å²) in [5.74, 6) is -1.16. The van der Waals surface area contributed by atoms with E-state index < -0.39 is 53.8 Å². The molecule has 14 nitrogen and oxygen atoms in total. The summed E-state index contributed by atoms with van der Waals surface area (Å²) in [6.07, 6.45) is 1.83. The summed E-state index contributed by atoms with van der Waals surface area (Å²) in [7, 11) is 2.35. The van der Waals surface area contributed by atoms with Crippen molar-refractivity contribution in [2.24, 2.45) is 17.8 Å². The number of alkyl carbamates (subject to hydrolysis) is 1. The van der Waals surface area contributed by atoms with Crippen LogP contribution in [0.3, 0.4) is 0 Å². The quantitative estimate of drug-likeness (QED) is 0.0763. The number of carbonyl (C=O) groups excluding carboxylic acids is 5. The highest BCUT2D eigenvalue weighted by Crippen LogP contribution is 2.35. The number of amides is 3. The molecule has 1 aliphatic heterocycles. The van der Waals surface area contributed by atoms with Crippen molar-refractivity contribution >= 4 is 41.6 Å². The minimum atomic E-state index is -1.15. The maximum Gasteiger partial charge on any atom is 0.408 e. The number of ether oxygens (including phenoxy) is 5. The predicted molar refractivity (Wildman–Crippen MR) is 167 cm³/mol. The Morgan fingerprint density at radius 3 is 2.24 bits per heavy atom. The molecule has 45 heavy (non-hydrogen) atoms. The molecule has 2 unspecified atom stereocenters. The van der Waals surface area contributed by atoms with Crippen LogP contribution in [-0.4, -0.2) is 111 Å². The molecule has 1 fully saturated rings. The van der Waals surface area contributed by atoms with E-state index in [1.165, 1.54) is 18.9 Å². The SMILES string of the molecule is COC(=O)CNC(=O)[C@H](CSC/C=C/CO[C@@H]1OC(CO)[C@@H](C)[C@H](C)C1C)NC(=O)CC[C@H](NC(=O)OC(C)(C)C)C(=O)OC. The number of aliphatic hydroxyl groups excluding tert-OH is 1. The van der Waals surface area contributed by atoms with Gasteiger partial charge in [0, 0.05) is 23.8 Å². The fourth-order valence-electron chi connectivity index (χ4n) is 4.35. The van der Waals surface area contributed by atoms with E-state index in [2.05, 4.69) is 41.5 Å². The van der Waals surface area contributed by atoms with Gasteiger partial charge in [0.1, 0.15) is 24.2 Å². The fourth-order valence-corrected chi connectivity index (χ4v) is 5.23. The van der Waals surface area contributed by atoms with Crippen molar-refractivity contribution in [1.29, 1.82) is 0 Å². The fraction of sp³-hybridized carbons (Fsp3) is 0.767. The van der Waals surface area contributed by atoms with Gasteiger partial charge in [-0.1, -0.05) is 32.9 Å². The molecule has 0 spiro atoms. The monoisotopic (exact) mass is 661 g/mol. The summed E-state index contributed by atoms with van der Waals surface area (Å²) in [5.41, 5.74) is -0.795. The van der Waals surface area contributed by atoms with Gasteiger partial charge >= 0.3 is 18.0 Å². The number of thioether (sulfide) groups is 1. The van der Waals surface area contributed by atoms with Crippen LogP contribution in [0.4, 0.5) is 4.79 Å². The van der Waals surface area contributed by atoms with Gasteiger partial charge < -0.3 is 44.7 Å². The number of hydrogen-bond acceptors (Lipinski definition) is 12. The summed E-state index contributed by atoms with van der Waals surface area (Å²) in [4.78, 5) is 61.4. The second kappa shape index (κ2) is 20.3. The van der Waals surface area contributed by atoms with Crippen molar-refractivity contribution in [1.82, 2.24) is 16.0 Å². The van der Waals surface area contributed by atoms with Gasteiger partial charge in [-0.2, -0.15) is 11.8 Å². The third kappa shape index (κ3) is 15.3. The van der Waals surface area contributed by atoms with Crippen LogP contribution >= 0.6 is 11.8 Å². The lowest BCUT2D eigenvalue weighted by molar-refractivity contribution is -0.250. The topological polar surface area (TPSA) is 188 Å². The molecule has 1 saturated heterocycles. The molecule has 1 rings (SSSR count). The number of nitrogens with one attached hydrogen (secondary N) is 3. The van der Waals surface area contributed by atoms with Crippen LogP contribution in [0.1, 0.15) is 54.4 Å². The normalized spacial score (nSPS) is 23.0. The van der Waals surface area contributed by atoms with Crippen molar-refractivity contribution in [3.63, 3.8) is 0 Å². The molecule has 7 atom stereocenters. The van der Waals surface area contributed by atoms with Gasteiger partial charge in [0.2, 0.25) is 11.8 Å². The van der Waals surface area contributed by atoms with E-state index in [0.29, 0.717) is 18.3 Å². The highest BCUT2D eigenvalue weighted by molar-refractivity contribution is 7.99. The van der Waals surface area contributed by atoms with Gasteiger partial charge in [0.15, 0.2) is 6.29 Å². The lowest BCUT2D eigenvalue weighted by Gasteiger charge is -2.42. The summed E-state index contributed by atoms with van der Waals surface area (Å²) in [6.45, 7) is 11.1. The van der Waals surface area contributed by atoms with Gasteiger partial charge in [0.05, 0.1) is 33.5 Å². The van der Waals surface area contributed by atoms with Gasteiger partial charge in [0.25, 0.3) is 0 Å². The first-order chi connectivity index (χ1) is 21.1. The van der Waals surface area contributed by atoms with E-state index in [1.54, 1.807) is 20.8 Å². The molecule has 0 aromatic carbocycles. The zero-order valence-electron chi connectivity index (χ0n) is 27.6. The summed E-state index contributed by atoms with van der Waals surface area (Å²) >= 11 is 1.36. The van der Waals surface area contributed by atoms with Crippen molar-refractivity contribution in [3.8, 4) is 0 Å². The molecular weight excluding hydrogens is 610 g/mol. The van der Waals surface area contributed by atoms with Gasteiger partial charge in [-0.05, 0) is 39.0 Å². The lowest BCUT2D eigenvalue weighted by Crippen LogP contribution is -2.50. The van der Waals surface area contributed by atoms with Gasteiger partial charge in [-0.25, -0.2) is 9.59 Å². The third-order valence-corrected chi connectivity index (χ3v) is 8.31. The Morgan fingerprint density at radius 2 is 1.64 bits per heavy atom. The number of methoxy groups -OCH3 is 2. The van der Waals surface area contributed by atoms with Crippen molar-refractivity contribution in [2.45, 2.75) is 84.5 Å². The van der Waals surface area contributed by atoms with Crippen LogP contribution in [0, 0.1) is 17.8 Å². The Labute approximate surface area is 270 Å². The van der Waals surface area contributed by atoms with Crippen molar-refractivity contribution < 1.29 is 52.8 Å². The van der Waals surface area contributed by atoms with E-state index >= 15 is 0 Å². The average Bonchev–Trinajstić information content (AvgIpc) is 2.98. The zero-order valence-corrected chi connectivity index (χ0v) is 28.4. The molecule has 0 aromatic heterocycles. The van der Waals surface area contributed by atoms with Crippen LogP contribution in [0.5, 0.6) is 0 Å². The second-order valence-corrected chi connectivity index (χ2v) is 12.9. The highest BCUT2D eigenvalue weighted by atomic mass is 32.2. The molecule has 1 heterocycles. The summed E-state index contributed by atoms with van der Waals surface area (Å²) in [5, 5.41) is 17.1. The Bertz CT molecular complexity index is 1000. The average molecular weight is 662 g/mol. The van der Waals surface area contributed by atoms with E-state index in [4.69, 9.17) is 18.9 Å². The van der Waals surface area contributed by atoms with Crippen molar-refractivity contribution in [3.05, 3.63) is 12.2 Å². The molecule has 1 aliphatic rings. The molecule has 0 bridgehead atoms. The Balaban J connectivity index is 2.68. The van der Waals surface area contributed by atoms with E-state index in [1.807, 2.05) is 12.2 Å². The standard InChI is InChI=1S/C30H51N3O11S/c1-18-19(2)23(16-34)43-28(20(18)3)42-13-9-10-14-45-17-22(26(37)31-15-25(36)40-7)32-24(35)12-11-21(27(38)41-8)33-29(39)44-30(4,5)6/h9-10,18-23,28,34H,11-17H2,1-8H3,(H,31,37)(H,32,35)(H,33,39)/b10-9+/t18-,19-,20?,21-,22-,23?,28+/m0/s1. The van der Waals surface area contributed by atoms with E-state index in [-0.39, 0.29) is 49.7 Å². The largest absolute Gasteiger partial charge is 0.468 e. The van der Waals surface area contributed by atoms with E-state index in [0.717, 1.165) is 7.11 Å². The smallest absolute Gasteiger partial charge is 0.408 e. The summed E-state index contributed by atoms with van der Waals surface area (Å²) in [6, 6.07) is -2.14. The summed E-state index contributed by atoms with van der Waals surface area (Å²) < 4.78 is 26.3. The number of carbonyl (C=O) groups is 5. The molecule has 0 aromatic rings. The Hall–Kier alpha value is -2.88. The van der Waals surface area contributed by atoms with Gasteiger partial charge in [-0.3, -0.25) is 14.4 Å². The maximum absolute atomic E-state index is 12.8. The number of hydrogen-bond donors (Lipinski definition) is 4. The molecule has 4 N–H and O–H groups in total. The Morgan fingerprint density at radius 1 is 0.956 bits per heavy atom.